The molecule has 1 unspecified atom stereocenters. The molecule has 11 heteroatoms. The molecule has 6 nitrogen and oxygen atoms in total. The summed E-state index contributed by atoms with van der Waals surface area (Å²) in [5.41, 5.74) is 2.42. The first-order chi connectivity index (χ1) is 16.6. The van der Waals surface area contributed by atoms with E-state index in [0.717, 1.165) is 18.4 Å². The van der Waals surface area contributed by atoms with Crippen molar-refractivity contribution >= 4 is 38.8 Å². The fourth-order valence-electron chi connectivity index (χ4n) is 4.39. The molecule has 3 aromatic rings. The first kappa shape index (κ1) is 25.8. The number of sulfonamides is 1. The van der Waals surface area contributed by atoms with Crippen LogP contribution >= 0.6 is 22.9 Å². The molecular weight excluding hydrogens is 516 g/mol. The molecule has 1 fully saturated rings. The summed E-state index contributed by atoms with van der Waals surface area (Å²) in [4.78, 5) is 6.24. The van der Waals surface area contributed by atoms with E-state index in [1.54, 1.807) is 23.6 Å². The molecule has 3 atom stereocenters. The molecule has 1 aromatic heterocycles. The van der Waals surface area contributed by atoms with Crippen LogP contribution in [0.25, 0.3) is 0 Å². The molecule has 188 valence electrons. The van der Waals surface area contributed by atoms with Crippen LogP contribution < -0.4 is 9.46 Å². The highest BCUT2D eigenvalue weighted by molar-refractivity contribution is 7.92. The molecule has 35 heavy (non-hydrogen) atoms. The van der Waals surface area contributed by atoms with E-state index in [1.807, 2.05) is 6.07 Å². The van der Waals surface area contributed by atoms with Crippen molar-refractivity contribution in [2.75, 3.05) is 4.72 Å². The number of thiazole rings is 1. The molecule has 1 aliphatic heterocycles. The first-order valence-electron chi connectivity index (χ1n) is 11.1. The Morgan fingerprint density at radius 1 is 1.20 bits per heavy atom. The van der Waals surface area contributed by atoms with Crippen LogP contribution in [0, 0.1) is 0 Å². The molecule has 0 bridgehead atoms. The molecule has 0 spiro atoms. The van der Waals surface area contributed by atoms with Gasteiger partial charge in [-0.05, 0) is 56.5 Å². The van der Waals surface area contributed by atoms with E-state index < -0.39 is 16.4 Å². The molecule has 1 N–H and O–H groups in total. The predicted molar refractivity (Wildman–Crippen MR) is 134 cm³/mol. The van der Waals surface area contributed by atoms with Crippen LogP contribution in [0.15, 0.2) is 58.3 Å². The van der Waals surface area contributed by atoms with Crippen molar-refractivity contribution in [1.82, 2.24) is 9.88 Å². The van der Waals surface area contributed by atoms with Gasteiger partial charge in [0.1, 0.15) is 11.9 Å². The maximum Gasteiger partial charge on any atom is 0.263 e. The minimum Gasteiger partial charge on any atom is -0.489 e. The van der Waals surface area contributed by atoms with Gasteiger partial charge in [0.15, 0.2) is 5.82 Å². The Bertz CT molecular complexity index is 1250. The maximum absolute atomic E-state index is 13.1. The third kappa shape index (κ3) is 6.30. The molecule has 2 heterocycles. The lowest BCUT2D eigenvalue weighted by molar-refractivity contribution is 0.0205. The number of ether oxygens (including phenoxy) is 1. The first-order valence-corrected chi connectivity index (χ1v) is 13.9. The Morgan fingerprint density at radius 3 is 2.57 bits per heavy atom. The highest BCUT2D eigenvalue weighted by Gasteiger charge is 2.32. The van der Waals surface area contributed by atoms with Crippen LogP contribution in [0.5, 0.6) is 5.75 Å². The SMILES string of the molecule is C[C@@H]1CC(Oc2ccc(S(=O)(=O)Nc3cscn3)cc2Cl)C[C@H](C)N1Cc1cccc(C(F)F)c1. The number of piperidine rings is 1. The van der Waals surface area contributed by atoms with Crippen molar-refractivity contribution in [2.45, 2.75) is 62.7 Å². The van der Waals surface area contributed by atoms with Gasteiger partial charge >= 0.3 is 0 Å². The third-order valence-corrected chi connectivity index (χ3v) is 8.32. The second-order valence-corrected chi connectivity index (χ2v) is 11.5. The van der Waals surface area contributed by atoms with E-state index in [0.29, 0.717) is 12.3 Å². The minimum absolute atomic E-state index is 0.0189. The van der Waals surface area contributed by atoms with Gasteiger partial charge in [-0.25, -0.2) is 22.2 Å². The van der Waals surface area contributed by atoms with Gasteiger partial charge < -0.3 is 4.74 Å². The fraction of sp³-hybridized carbons (Fsp3) is 0.375. The van der Waals surface area contributed by atoms with Crippen molar-refractivity contribution in [3.05, 3.63) is 69.5 Å². The summed E-state index contributed by atoms with van der Waals surface area (Å²) >= 11 is 7.67. The largest absolute Gasteiger partial charge is 0.489 e. The molecule has 0 aliphatic carbocycles. The van der Waals surface area contributed by atoms with Gasteiger partial charge in [-0.3, -0.25) is 9.62 Å². The number of halogens is 3. The zero-order chi connectivity index (χ0) is 25.2. The summed E-state index contributed by atoms with van der Waals surface area (Å²) in [5.74, 6) is 0.670. The predicted octanol–water partition coefficient (Wildman–Crippen LogP) is 6.36. The van der Waals surface area contributed by atoms with Gasteiger partial charge in [0.25, 0.3) is 16.4 Å². The molecule has 2 aromatic carbocycles. The molecular formula is C24H26ClF2N3O3S2. The van der Waals surface area contributed by atoms with Crippen LogP contribution in [0.2, 0.25) is 5.02 Å². The van der Waals surface area contributed by atoms with E-state index in [9.17, 15) is 17.2 Å². The lowest BCUT2D eigenvalue weighted by atomic mass is 9.93. The molecule has 4 rings (SSSR count). The zero-order valence-corrected chi connectivity index (χ0v) is 21.6. The lowest BCUT2D eigenvalue weighted by Crippen LogP contribution is -2.49. The van der Waals surface area contributed by atoms with Gasteiger partial charge in [0, 0.05) is 29.6 Å². The Kier molecular flexibility index (Phi) is 7.95. The summed E-state index contributed by atoms with van der Waals surface area (Å²) in [7, 11) is -3.82. The molecule has 1 aliphatic rings. The van der Waals surface area contributed by atoms with E-state index in [2.05, 4.69) is 28.5 Å². The number of aromatic nitrogens is 1. The van der Waals surface area contributed by atoms with Crippen molar-refractivity contribution in [1.29, 1.82) is 0 Å². The van der Waals surface area contributed by atoms with Gasteiger partial charge in [-0.1, -0.05) is 29.8 Å². The standard InChI is InChI=1S/C24H26ClF2N3O3S2/c1-15-8-19(9-16(2)30(15)12-17-4-3-5-18(10-17)24(26)27)33-22-7-6-20(11-21(22)25)35(31,32)29-23-13-34-14-28-23/h3-7,10-11,13-16,19,24,29H,8-9,12H2,1-2H3/t15-,16+,19?. The molecule has 0 amide bonds. The highest BCUT2D eigenvalue weighted by Crippen LogP contribution is 2.33. The third-order valence-electron chi connectivity index (χ3n) is 6.09. The van der Waals surface area contributed by atoms with Crippen LogP contribution in [-0.4, -0.2) is 36.5 Å². The summed E-state index contributed by atoms with van der Waals surface area (Å²) in [6.07, 6.45) is -1.16. The monoisotopic (exact) mass is 541 g/mol. The Morgan fingerprint density at radius 2 is 1.94 bits per heavy atom. The molecule has 0 saturated carbocycles. The van der Waals surface area contributed by atoms with Gasteiger partial charge in [-0.2, -0.15) is 0 Å². The number of hydrogen-bond donors (Lipinski definition) is 1. The van der Waals surface area contributed by atoms with Gasteiger partial charge in [-0.15, -0.1) is 11.3 Å². The highest BCUT2D eigenvalue weighted by atomic mass is 35.5. The van der Waals surface area contributed by atoms with Crippen LogP contribution in [-0.2, 0) is 16.6 Å². The topological polar surface area (TPSA) is 71.5 Å². The number of alkyl halides is 2. The lowest BCUT2D eigenvalue weighted by Gasteiger charge is -2.42. The minimum atomic E-state index is -3.82. The summed E-state index contributed by atoms with van der Waals surface area (Å²) in [6.45, 7) is 4.75. The summed E-state index contributed by atoms with van der Waals surface area (Å²) in [6, 6.07) is 11.2. The van der Waals surface area contributed by atoms with Crippen LogP contribution in [0.4, 0.5) is 14.6 Å². The van der Waals surface area contributed by atoms with E-state index in [-0.39, 0.29) is 39.5 Å². The van der Waals surface area contributed by atoms with E-state index in [1.165, 1.54) is 35.0 Å². The van der Waals surface area contributed by atoms with E-state index >= 15 is 0 Å². The number of hydrogen-bond acceptors (Lipinski definition) is 6. The maximum atomic E-state index is 13.1. The van der Waals surface area contributed by atoms with Gasteiger partial charge in [0.2, 0.25) is 0 Å². The smallest absolute Gasteiger partial charge is 0.263 e. The van der Waals surface area contributed by atoms with Crippen LogP contribution in [0.3, 0.4) is 0 Å². The number of anilines is 1. The van der Waals surface area contributed by atoms with Crippen molar-refractivity contribution in [3.63, 3.8) is 0 Å². The number of likely N-dealkylation sites (tertiary alicyclic amines) is 1. The number of benzene rings is 2. The normalized spacial score (nSPS) is 21.3. The molecule has 0 radical (unpaired) electrons. The average molecular weight is 542 g/mol. The molecule has 1 saturated heterocycles. The zero-order valence-electron chi connectivity index (χ0n) is 19.2. The quantitative estimate of drug-likeness (QED) is 0.359. The summed E-state index contributed by atoms with van der Waals surface area (Å²) < 4.78 is 59.9. The average Bonchev–Trinajstić information content (AvgIpc) is 3.30. The Labute approximate surface area is 213 Å². The number of rotatable bonds is 8. The summed E-state index contributed by atoms with van der Waals surface area (Å²) in [5, 5.41) is 1.80. The van der Waals surface area contributed by atoms with E-state index in [4.69, 9.17) is 16.3 Å². The van der Waals surface area contributed by atoms with Crippen molar-refractivity contribution in [2.24, 2.45) is 0 Å². The second kappa shape index (κ2) is 10.8. The fourth-order valence-corrected chi connectivity index (χ4v) is 6.27. The number of nitrogens with one attached hydrogen (secondary N) is 1. The van der Waals surface area contributed by atoms with Crippen molar-refractivity contribution < 1.29 is 21.9 Å². The Balaban J connectivity index is 1.40. The number of nitrogens with zero attached hydrogens (tertiary/aromatic N) is 2. The van der Waals surface area contributed by atoms with Crippen molar-refractivity contribution in [3.8, 4) is 5.75 Å². The second-order valence-electron chi connectivity index (χ2n) is 8.70. The van der Waals surface area contributed by atoms with Gasteiger partial charge in [0.05, 0.1) is 15.4 Å². The van der Waals surface area contributed by atoms with Crippen LogP contribution in [0.1, 0.15) is 44.2 Å². The Hall–Kier alpha value is -2.27.